The predicted octanol–water partition coefficient (Wildman–Crippen LogP) is 2.74. The Kier molecular flexibility index (Phi) is 6.37. The topological polar surface area (TPSA) is 81.4 Å². The standard InChI is InChI=1S/C17H19ClN2O4/c1-11-15(12(2)24-20-11)7-8-17(22)23-10-16(21)19-9-13-3-5-14(18)6-4-13/h3-6H,7-10H2,1-2H3,(H,19,21). The zero-order valence-corrected chi connectivity index (χ0v) is 14.4. The molecule has 0 atom stereocenters. The SMILES string of the molecule is Cc1noc(C)c1CCC(=O)OCC(=O)NCc1ccc(Cl)cc1. The van der Waals surface area contributed by atoms with E-state index in [-0.39, 0.29) is 18.9 Å². The summed E-state index contributed by atoms with van der Waals surface area (Å²) in [5.74, 6) is -0.0895. The van der Waals surface area contributed by atoms with Gasteiger partial charge in [0.2, 0.25) is 0 Å². The van der Waals surface area contributed by atoms with Gasteiger partial charge >= 0.3 is 5.97 Å². The molecule has 0 radical (unpaired) electrons. The summed E-state index contributed by atoms with van der Waals surface area (Å²) in [4.78, 5) is 23.4. The summed E-state index contributed by atoms with van der Waals surface area (Å²) in [6.45, 7) is 3.67. The maximum atomic E-state index is 11.7. The molecule has 0 saturated heterocycles. The number of aromatic nitrogens is 1. The Bertz CT molecular complexity index is 690. The highest BCUT2D eigenvalue weighted by Crippen LogP contribution is 2.14. The minimum Gasteiger partial charge on any atom is -0.456 e. The fraction of sp³-hybridized carbons (Fsp3) is 0.353. The fourth-order valence-corrected chi connectivity index (χ4v) is 2.28. The molecular formula is C17H19ClN2O4. The molecule has 128 valence electrons. The number of rotatable bonds is 7. The van der Waals surface area contributed by atoms with E-state index in [2.05, 4.69) is 10.5 Å². The van der Waals surface area contributed by atoms with Crippen molar-refractivity contribution in [3.05, 3.63) is 51.9 Å². The van der Waals surface area contributed by atoms with E-state index < -0.39 is 5.97 Å². The predicted molar refractivity (Wildman–Crippen MR) is 88.6 cm³/mol. The summed E-state index contributed by atoms with van der Waals surface area (Å²) < 4.78 is 10.00. The van der Waals surface area contributed by atoms with Crippen LogP contribution in [0.15, 0.2) is 28.8 Å². The van der Waals surface area contributed by atoms with Gasteiger partial charge in [0, 0.05) is 23.6 Å². The lowest BCUT2D eigenvalue weighted by molar-refractivity contribution is -0.148. The van der Waals surface area contributed by atoms with E-state index in [0.717, 1.165) is 16.8 Å². The van der Waals surface area contributed by atoms with Gasteiger partial charge in [0.1, 0.15) is 5.76 Å². The number of hydrogen-bond acceptors (Lipinski definition) is 5. The first kappa shape index (κ1) is 18.0. The van der Waals surface area contributed by atoms with E-state index in [9.17, 15) is 9.59 Å². The maximum absolute atomic E-state index is 11.7. The van der Waals surface area contributed by atoms with Crippen molar-refractivity contribution < 1.29 is 18.8 Å². The Morgan fingerprint density at radius 2 is 1.96 bits per heavy atom. The largest absolute Gasteiger partial charge is 0.456 e. The molecule has 1 aromatic carbocycles. The van der Waals surface area contributed by atoms with Crippen LogP contribution >= 0.6 is 11.6 Å². The average molecular weight is 351 g/mol. The molecule has 0 unspecified atom stereocenters. The van der Waals surface area contributed by atoms with Crippen LogP contribution in [0.4, 0.5) is 0 Å². The molecule has 1 heterocycles. The lowest BCUT2D eigenvalue weighted by Crippen LogP contribution is -2.28. The van der Waals surface area contributed by atoms with Crippen LogP contribution in [0.5, 0.6) is 0 Å². The number of carbonyl (C=O) groups is 2. The number of amides is 1. The highest BCUT2D eigenvalue weighted by molar-refractivity contribution is 6.30. The monoisotopic (exact) mass is 350 g/mol. The number of carbonyl (C=O) groups excluding carboxylic acids is 2. The molecule has 0 bridgehead atoms. The number of esters is 1. The second-order valence-corrected chi connectivity index (χ2v) is 5.80. The van der Waals surface area contributed by atoms with Crippen LogP contribution in [0.2, 0.25) is 5.02 Å². The van der Waals surface area contributed by atoms with Gasteiger partial charge in [-0.25, -0.2) is 0 Å². The molecular weight excluding hydrogens is 332 g/mol. The quantitative estimate of drug-likeness (QED) is 0.776. The van der Waals surface area contributed by atoms with Gasteiger partial charge in [-0.2, -0.15) is 0 Å². The van der Waals surface area contributed by atoms with Crippen molar-refractivity contribution in [2.75, 3.05) is 6.61 Å². The second-order valence-electron chi connectivity index (χ2n) is 5.37. The molecule has 1 amide bonds. The molecule has 0 fully saturated rings. The Morgan fingerprint density at radius 1 is 1.25 bits per heavy atom. The summed E-state index contributed by atoms with van der Waals surface area (Å²) in [5.41, 5.74) is 2.58. The van der Waals surface area contributed by atoms with E-state index in [4.69, 9.17) is 20.9 Å². The molecule has 6 nitrogen and oxygen atoms in total. The third-order valence-electron chi connectivity index (χ3n) is 3.53. The van der Waals surface area contributed by atoms with Crippen molar-refractivity contribution in [1.29, 1.82) is 0 Å². The van der Waals surface area contributed by atoms with Gasteiger partial charge in [0.15, 0.2) is 6.61 Å². The van der Waals surface area contributed by atoms with Gasteiger partial charge in [0.05, 0.1) is 5.69 Å². The van der Waals surface area contributed by atoms with E-state index >= 15 is 0 Å². The van der Waals surface area contributed by atoms with E-state index in [1.807, 2.05) is 19.1 Å². The van der Waals surface area contributed by atoms with Crippen molar-refractivity contribution in [3.8, 4) is 0 Å². The molecule has 1 N–H and O–H groups in total. The van der Waals surface area contributed by atoms with Gasteiger partial charge in [-0.05, 0) is 38.0 Å². The first-order valence-corrected chi connectivity index (χ1v) is 7.92. The summed E-state index contributed by atoms with van der Waals surface area (Å²) >= 11 is 5.79. The average Bonchev–Trinajstić information content (AvgIpc) is 2.89. The highest BCUT2D eigenvalue weighted by Gasteiger charge is 2.13. The van der Waals surface area contributed by atoms with Crippen LogP contribution in [-0.4, -0.2) is 23.6 Å². The second kappa shape index (κ2) is 8.49. The third-order valence-corrected chi connectivity index (χ3v) is 3.78. The third kappa shape index (κ3) is 5.38. The Labute approximate surface area is 145 Å². The minimum absolute atomic E-state index is 0.174. The summed E-state index contributed by atoms with van der Waals surface area (Å²) in [5, 5.41) is 7.14. The number of halogens is 1. The Hall–Kier alpha value is -2.34. The van der Waals surface area contributed by atoms with Crippen molar-refractivity contribution in [1.82, 2.24) is 10.5 Å². The normalized spacial score (nSPS) is 10.5. The molecule has 0 aliphatic heterocycles. The number of nitrogens with zero attached hydrogens (tertiary/aromatic N) is 1. The van der Waals surface area contributed by atoms with Gasteiger partial charge < -0.3 is 14.6 Å². The Balaban J connectivity index is 1.67. The number of hydrogen-bond donors (Lipinski definition) is 1. The maximum Gasteiger partial charge on any atom is 0.306 e. The lowest BCUT2D eigenvalue weighted by Gasteiger charge is -2.07. The minimum atomic E-state index is -0.434. The van der Waals surface area contributed by atoms with Crippen LogP contribution in [0.1, 0.15) is 29.0 Å². The molecule has 0 aliphatic rings. The highest BCUT2D eigenvalue weighted by atomic mass is 35.5. The summed E-state index contributed by atoms with van der Waals surface area (Å²) in [7, 11) is 0. The molecule has 0 aliphatic carbocycles. The van der Waals surface area contributed by atoms with Crippen molar-refractivity contribution in [3.63, 3.8) is 0 Å². The Morgan fingerprint density at radius 3 is 2.58 bits per heavy atom. The van der Waals surface area contributed by atoms with E-state index in [1.165, 1.54) is 0 Å². The molecule has 0 spiro atoms. The smallest absolute Gasteiger partial charge is 0.306 e. The van der Waals surface area contributed by atoms with Crippen molar-refractivity contribution >= 4 is 23.5 Å². The molecule has 7 heteroatoms. The van der Waals surface area contributed by atoms with Crippen LogP contribution in [0.3, 0.4) is 0 Å². The molecule has 0 saturated carbocycles. The van der Waals surface area contributed by atoms with Gasteiger partial charge in [-0.15, -0.1) is 0 Å². The van der Waals surface area contributed by atoms with Crippen LogP contribution in [-0.2, 0) is 27.3 Å². The molecule has 2 aromatic rings. The zero-order valence-electron chi connectivity index (χ0n) is 13.6. The first-order valence-electron chi connectivity index (χ1n) is 7.54. The van der Waals surface area contributed by atoms with Gasteiger partial charge in [-0.3, -0.25) is 9.59 Å². The van der Waals surface area contributed by atoms with Gasteiger partial charge in [-0.1, -0.05) is 28.9 Å². The lowest BCUT2D eigenvalue weighted by atomic mass is 10.1. The van der Waals surface area contributed by atoms with Crippen LogP contribution in [0.25, 0.3) is 0 Å². The molecule has 2 rings (SSSR count). The molecule has 1 aromatic heterocycles. The summed E-state index contributed by atoms with van der Waals surface area (Å²) in [6.07, 6.45) is 0.653. The number of nitrogens with one attached hydrogen (secondary N) is 1. The summed E-state index contributed by atoms with van der Waals surface area (Å²) in [6, 6.07) is 7.13. The fourth-order valence-electron chi connectivity index (χ4n) is 2.16. The van der Waals surface area contributed by atoms with Crippen molar-refractivity contribution in [2.24, 2.45) is 0 Å². The van der Waals surface area contributed by atoms with Crippen molar-refractivity contribution in [2.45, 2.75) is 33.2 Å². The number of benzene rings is 1. The van der Waals surface area contributed by atoms with E-state index in [1.54, 1.807) is 19.1 Å². The number of ether oxygens (including phenoxy) is 1. The first-order chi connectivity index (χ1) is 11.5. The van der Waals surface area contributed by atoms with Crippen LogP contribution < -0.4 is 5.32 Å². The number of aryl methyl sites for hydroxylation is 2. The van der Waals surface area contributed by atoms with Crippen LogP contribution in [0, 0.1) is 13.8 Å². The molecule has 24 heavy (non-hydrogen) atoms. The van der Waals surface area contributed by atoms with E-state index in [0.29, 0.717) is 23.7 Å². The van der Waals surface area contributed by atoms with Gasteiger partial charge in [0.25, 0.3) is 5.91 Å². The zero-order chi connectivity index (χ0) is 17.5.